The lowest BCUT2D eigenvalue weighted by Gasteiger charge is -2.38. The fraction of sp³-hybridized carbons (Fsp3) is 0.263. The Kier molecular flexibility index (Phi) is 3.41. The summed E-state index contributed by atoms with van der Waals surface area (Å²) in [7, 11) is 0. The second-order valence-corrected chi connectivity index (χ2v) is 6.26. The summed E-state index contributed by atoms with van der Waals surface area (Å²) in [6.45, 7) is 0. The van der Waals surface area contributed by atoms with Crippen LogP contribution in [0.2, 0.25) is 0 Å². The molecule has 1 heterocycles. The van der Waals surface area contributed by atoms with Gasteiger partial charge in [-0.2, -0.15) is 13.2 Å². The number of allylic oxidation sites excluding steroid dienone is 2. The molecule has 0 radical (unpaired) electrons. The summed E-state index contributed by atoms with van der Waals surface area (Å²) in [5.74, 6) is -0.514. The van der Waals surface area contributed by atoms with Crippen LogP contribution in [0.25, 0.3) is 0 Å². The van der Waals surface area contributed by atoms with Crippen molar-refractivity contribution in [2.24, 2.45) is 5.92 Å². The van der Waals surface area contributed by atoms with E-state index in [1.54, 1.807) is 24.3 Å². The van der Waals surface area contributed by atoms with Gasteiger partial charge in [-0.15, -0.1) is 0 Å². The summed E-state index contributed by atoms with van der Waals surface area (Å²) in [6, 6.07) is 10.0. The van der Waals surface area contributed by atoms with Gasteiger partial charge in [0, 0.05) is 11.5 Å². The third-order valence-corrected chi connectivity index (χ3v) is 4.94. The topological polar surface area (TPSA) is 12.0 Å². The number of halogens is 4. The number of hydrogen-bond donors (Lipinski definition) is 1. The highest BCUT2D eigenvalue weighted by Gasteiger charge is 2.43. The van der Waals surface area contributed by atoms with E-state index in [0.717, 1.165) is 6.07 Å². The van der Waals surface area contributed by atoms with Crippen molar-refractivity contribution in [1.29, 1.82) is 0 Å². The average molecular weight is 333 g/mol. The molecule has 1 aliphatic carbocycles. The van der Waals surface area contributed by atoms with E-state index in [1.807, 2.05) is 12.2 Å². The third kappa shape index (κ3) is 2.30. The maximum atomic E-state index is 14.3. The van der Waals surface area contributed by atoms with Crippen LogP contribution in [-0.2, 0) is 6.18 Å². The predicted molar refractivity (Wildman–Crippen MR) is 84.2 cm³/mol. The SMILES string of the molecule is Fc1ccccc1[C@@H]1Nc2c(cccc2C(F)(F)F)[C@H]2C=CC[C@H]21. The highest BCUT2D eigenvalue weighted by Crippen LogP contribution is 2.52. The molecule has 0 aromatic heterocycles. The lowest BCUT2D eigenvalue weighted by atomic mass is 9.76. The minimum absolute atomic E-state index is 0.0119. The molecule has 0 saturated heterocycles. The number of rotatable bonds is 1. The van der Waals surface area contributed by atoms with E-state index in [0.29, 0.717) is 17.5 Å². The molecule has 0 spiro atoms. The van der Waals surface area contributed by atoms with Gasteiger partial charge in [0.05, 0.1) is 17.3 Å². The fourth-order valence-electron chi connectivity index (χ4n) is 3.89. The highest BCUT2D eigenvalue weighted by atomic mass is 19.4. The van der Waals surface area contributed by atoms with Crippen molar-refractivity contribution in [2.45, 2.75) is 24.6 Å². The Bertz CT molecular complexity index is 809. The quantitative estimate of drug-likeness (QED) is 0.524. The standard InChI is InChI=1S/C19H15F4N/c20-16-10-2-1-5-14(16)17-12-7-3-6-11(12)13-8-4-9-15(18(13)24-17)19(21,22)23/h1-6,8-12,17,24H,7H2/t11-,12+,17+/m0/s1. The first-order chi connectivity index (χ1) is 11.5. The summed E-state index contributed by atoms with van der Waals surface area (Å²) >= 11 is 0. The summed E-state index contributed by atoms with van der Waals surface area (Å²) in [6.07, 6.45) is 0.179. The molecule has 5 heteroatoms. The van der Waals surface area contributed by atoms with Crippen LogP contribution in [-0.4, -0.2) is 0 Å². The van der Waals surface area contributed by atoms with Crippen molar-refractivity contribution in [3.05, 3.63) is 77.1 Å². The maximum absolute atomic E-state index is 14.3. The molecule has 24 heavy (non-hydrogen) atoms. The van der Waals surface area contributed by atoms with Gasteiger partial charge in [0.2, 0.25) is 0 Å². The third-order valence-electron chi connectivity index (χ3n) is 4.94. The Hall–Kier alpha value is -2.30. The van der Waals surface area contributed by atoms with Crippen molar-refractivity contribution in [3.8, 4) is 0 Å². The molecule has 1 N–H and O–H groups in total. The molecular weight excluding hydrogens is 318 g/mol. The number of benzene rings is 2. The molecule has 2 aliphatic rings. The smallest absolute Gasteiger partial charge is 0.377 e. The Balaban J connectivity index is 1.87. The first kappa shape index (κ1) is 15.2. The van der Waals surface area contributed by atoms with Gasteiger partial charge in [0.25, 0.3) is 0 Å². The number of hydrogen-bond acceptors (Lipinski definition) is 1. The van der Waals surface area contributed by atoms with Gasteiger partial charge in [-0.05, 0) is 30.0 Å². The molecule has 2 aromatic carbocycles. The average Bonchev–Trinajstić information content (AvgIpc) is 3.03. The minimum atomic E-state index is -4.45. The van der Waals surface area contributed by atoms with Crippen molar-refractivity contribution < 1.29 is 17.6 Å². The van der Waals surface area contributed by atoms with Crippen LogP contribution in [0, 0.1) is 11.7 Å². The molecular formula is C19H15F4N. The van der Waals surface area contributed by atoms with Crippen LogP contribution < -0.4 is 5.32 Å². The summed E-state index contributed by atoms with van der Waals surface area (Å²) < 4.78 is 54.4. The van der Waals surface area contributed by atoms with Crippen LogP contribution in [0.3, 0.4) is 0 Å². The second kappa shape index (κ2) is 5.36. The normalized spacial score (nSPS) is 25.1. The molecule has 0 fully saturated rings. The van der Waals surface area contributed by atoms with E-state index in [9.17, 15) is 17.6 Å². The van der Waals surface area contributed by atoms with Gasteiger partial charge < -0.3 is 5.32 Å². The number of para-hydroxylation sites is 1. The predicted octanol–water partition coefficient (Wildman–Crippen LogP) is 5.67. The monoisotopic (exact) mass is 333 g/mol. The summed E-state index contributed by atoms with van der Waals surface area (Å²) in [5, 5.41) is 3.00. The molecule has 124 valence electrons. The molecule has 2 aromatic rings. The van der Waals surface area contributed by atoms with Crippen molar-refractivity contribution in [2.75, 3.05) is 5.32 Å². The lowest BCUT2D eigenvalue weighted by molar-refractivity contribution is -0.137. The van der Waals surface area contributed by atoms with E-state index in [1.165, 1.54) is 12.1 Å². The molecule has 1 aliphatic heterocycles. The van der Waals surface area contributed by atoms with Crippen LogP contribution in [0.15, 0.2) is 54.6 Å². The molecule has 1 nitrogen and oxygen atoms in total. The van der Waals surface area contributed by atoms with Crippen LogP contribution in [0.1, 0.15) is 35.1 Å². The number of fused-ring (bicyclic) bond motifs is 3. The van der Waals surface area contributed by atoms with Crippen molar-refractivity contribution in [1.82, 2.24) is 0 Å². The van der Waals surface area contributed by atoms with E-state index < -0.39 is 23.6 Å². The minimum Gasteiger partial charge on any atom is -0.377 e. The van der Waals surface area contributed by atoms with Gasteiger partial charge in [0.1, 0.15) is 5.82 Å². The summed E-state index contributed by atoms with van der Waals surface area (Å²) in [4.78, 5) is 0. The Labute approximate surface area is 137 Å². The molecule has 0 unspecified atom stereocenters. The van der Waals surface area contributed by atoms with Crippen LogP contribution in [0.4, 0.5) is 23.2 Å². The Morgan fingerprint density at radius 3 is 2.46 bits per heavy atom. The molecule has 3 atom stereocenters. The van der Waals surface area contributed by atoms with E-state index in [2.05, 4.69) is 5.32 Å². The molecule has 0 amide bonds. The van der Waals surface area contributed by atoms with Crippen molar-refractivity contribution >= 4 is 5.69 Å². The first-order valence-electron chi connectivity index (χ1n) is 7.84. The Morgan fingerprint density at radius 2 is 1.71 bits per heavy atom. The fourth-order valence-corrected chi connectivity index (χ4v) is 3.89. The number of alkyl halides is 3. The van der Waals surface area contributed by atoms with Crippen LogP contribution in [0.5, 0.6) is 0 Å². The van der Waals surface area contributed by atoms with Gasteiger partial charge in [-0.3, -0.25) is 0 Å². The number of anilines is 1. The van der Waals surface area contributed by atoms with Crippen molar-refractivity contribution in [3.63, 3.8) is 0 Å². The lowest BCUT2D eigenvalue weighted by Crippen LogP contribution is -2.31. The zero-order valence-corrected chi connectivity index (χ0v) is 12.6. The number of nitrogens with one attached hydrogen (secondary N) is 1. The summed E-state index contributed by atoms with van der Waals surface area (Å²) in [5.41, 5.74) is 0.432. The van der Waals surface area contributed by atoms with Crippen LogP contribution >= 0.6 is 0 Å². The van der Waals surface area contributed by atoms with E-state index in [4.69, 9.17) is 0 Å². The first-order valence-corrected chi connectivity index (χ1v) is 7.84. The van der Waals surface area contributed by atoms with E-state index >= 15 is 0 Å². The highest BCUT2D eigenvalue weighted by molar-refractivity contribution is 5.65. The van der Waals surface area contributed by atoms with Gasteiger partial charge in [-0.25, -0.2) is 4.39 Å². The Morgan fingerprint density at radius 1 is 0.958 bits per heavy atom. The second-order valence-electron chi connectivity index (χ2n) is 6.26. The molecule has 4 rings (SSSR count). The molecule has 0 saturated carbocycles. The van der Waals surface area contributed by atoms with E-state index in [-0.39, 0.29) is 17.5 Å². The van der Waals surface area contributed by atoms with Gasteiger partial charge in [-0.1, -0.05) is 42.5 Å². The van der Waals surface area contributed by atoms with Gasteiger partial charge >= 0.3 is 6.18 Å². The maximum Gasteiger partial charge on any atom is 0.418 e. The molecule has 0 bridgehead atoms. The zero-order valence-electron chi connectivity index (χ0n) is 12.6. The largest absolute Gasteiger partial charge is 0.418 e. The zero-order chi connectivity index (χ0) is 16.9. The van der Waals surface area contributed by atoms with Gasteiger partial charge in [0.15, 0.2) is 0 Å².